The monoisotopic (exact) mass is 122 g/mol. The molecule has 1 rings (SSSR count). The quantitative estimate of drug-likeness (QED) is 0.463. The Bertz CT molecular complexity index is 151. The molecule has 0 spiro atoms. The summed E-state index contributed by atoms with van der Waals surface area (Å²) in [5.74, 6) is 1.46. The van der Waals surface area contributed by atoms with Crippen molar-refractivity contribution in [2.75, 3.05) is 0 Å². The molecule has 0 nitrogen and oxygen atoms in total. The van der Waals surface area contributed by atoms with E-state index in [1.807, 2.05) is 0 Å². The second-order valence-electron chi connectivity index (χ2n) is 2.99. The Hall–Kier alpha value is -0.520. The van der Waals surface area contributed by atoms with E-state index >= 15 is 0 Å². The number of hydrogen-bond donors (Lipinski definition) is 0. The van der Waals surface area contributed by atoms with Gasteiger partial charge in [0.25, 0.3) is 0 Å². The van der Waals surface area contributed by atoms with Crippen LogP contribution in [-0.2, 0) is 0 Å². The lowest BCUT2D eigenvalue weighted by molar-refractivity contribution is 0.548. The second-order valence-corrected chi connectivity index (χ2v) is 2.99. The Morgan fingerprint density at radius 2 is 1.89 bits per heavy atom. The molecule has 0 radical (unpaired) electrons. The minimum absolute atomic E-state index is 0.730. The van der Waals surface area contributed by atoms with E-state index in [4.69, 9.17) is 0 Å². The van der Waals surface area contributed by atoms with E-state index in [-0.39, 0.29) is 0 Å². The van der Waals surface area contributed by atoms with E-state index in [9.17, 15) is 0 Å². The topological polar surface area (TPSA) is 0 Å². The van der Waals surface area contributed by atoms with Crippen LogP contribution in [0, 0.1) is 11.8 Å². The van der Waals surface area contributed by atoms with Crippen LogP contribution in [0.15, 0.2) is 23.8 Å². The first-order chi connectivity index (χ1) is 4.20. The van der Waals surface area contributed by atoms with Crippen molar-refractivity contribution in [2.45, 2.75) is 20.8 Å². The van der Waals surface area contributed by atoms with Gasteiger partial charge in [0.05, 0.1) is 0 Å². The molecule has 0 amide bonds. The van der Waals surface area contributed by atoms with Crippen LogP contribution in [0.1, 0.15) is 20.8 Å². The van der Waals surface area contributed by atoms with Crippen molar-refractivity contribution in [3.05, 3.63) is 23.8 Å². The third-order valence-corrected chi connectivity index (χ3v) is 2.02. The molecule has 0 N–H and O–H groups in total. The summed E-state index contributed by atoms with van der Waals surface area (Å²) in [6, 6.07) is 0. The fourth-order valence-corrected chi connectivity index (χ4v) is 1.10. The van der Waals surface area contributed by atoms with Crippen LogP contribution >= 0.6 is 0 Å². The van der Waals surface area contributed by atoms with Crippen LogP contribution in [0.3, 0.4) is 0 Å². The molecule has 0 aromatic heterocycles. The highest BCUT2D eigenvalue weighted by molar-refractivity contribution is 5.22. The highest BCUT2D eigenvalue weighted by Gasteiger charge is 2.08. The van der Waals surface area contributed by atoms with Gasteiger partial charge in [-0.05, 0) is 18.8 Å². The summed E-state index contributed by atoms with van der Waals surface area (Å²) in [7, 11) is 0. The van der Waals surface area contributed by atoms with Crippen LogP contribution in [-0.4, -0.2) is 0 Å². The third kappa shape index (κ3) is 1.44. The Kier molecular flexibility index (Phi) is 1.75. The van der Waals surface area contributed by atoms with Gasteiger partial charge >= 0.3 is 0 Å². The van der Waals surface area contributed by atoms with Gasteiger partial charge in [-0.25, -0.2) is 0 Å². The van der Waals surface area contributed by atoms with E-state index in [2.05, 4.69) is 39.0 Å². The van der Waals surface area contributed by atoms with Crippen molar-refractivity contribution >= 4 is 0 Å². The van der Waals surface area contributed by atoms with E-state index in [1.165, 1.54) is 5.57 Å². The van der Waals surface area contributed by atoms with E-state index in [0.29, 0.717) is 0 Å². The van der Waals surface area contributed by atoms with E-state index in [0.717, 1.165) is 11.8 Å². The van der Waals surface area contributed by atoms with Gasteiger partial charge in [-0.3, -0.25) is 0 Å². The largest absolute Gasteiger partial charge is 0.0809 e. The molecule has 0 saturated carbocycles. The van der Waals surface area contributed by atoms with Crippen LogP contribution in [0.5, 0.6) is 0 Å². The van der Waals surface area contributed by atoms with Crippen molar-refractivity contribution < 1.29 is 0 Å². The van der Waals surface area contributed by atoms with Gasteiger partial charge in [-0.2, -0.15) is 0 Å². The maximum Gasteiger partial charge on any atom is -0.0196 e. The SMILES string of the molecule is CC1=C[C@@H](C)C(C)C=C1. The summed E-state index contributed by atoms with van der Waals surface area (Å²) in [6.45, 7) is 6.67. The van der Waals surface area contributed by atoms with Crippen molar-refractivity contribution in [1.82, 2.24) is 0 Å². The zero-order valence-corrected chi connectivity index (χ0v) is 6.39. The summed E-state index contributed by atoms with van der Waals surface area (Å²) in [4.78, 5) is 0. The number of allylic oxidation sites excluding steroid dienone is 4. The van der Waals surface area contributed by atoms with Crippen LogP contribution in [0.2, 0.25) is 0 Å². The molecule has 1 aliphatic rings. The Balaban J connectivity index is 2.70. The maximum atomic E-state index is 2.32. The summed E-state index contributed by atoms with van der Waals surface area (Å²) in [5, 5.41) is 0. The zero-order chi connectivity index (χ0) is 6.85. The van der Waals surface area contributed by atoms with Gasteiger partial charge in [0.2, 0.25) is 0 Å². The standard InChI is InChI=1S/C9H14/c1-7-4-5-8(2)9(3)6-7/h4-6,8-9H,1-3H3/t8?,9-/m1/s1. The van der Waals surface area contributed by atoms with E-state index < -0.39 is 0 Å². The molecule has 0 aromatic carbocycles. The lowest BCUT2D eigenvalue weighted by Gasteiger charge is -2.16. The van der Waals surface area contributed by atoms with Gasteiger partial charge in [0.15, 0.2) is 0 Å². The number of rotatable bonds is 0. The Morgan fingerprint density at radius 1 is 1.22 bits per heavy atom. The summed E-state index contributed by atoms with van der Waals surface area (Å²) >= 11 is 0. The molecule has 1 aliphatic carbocycles. The molecule has 50 valence electrons. The molecule has 0 bridgehead atoms. The van der Waals surface area contributed by atoms with Crippen LogP contribution < -0.4 is 0 Å². The first kappa shape index (κ1) is 6.60. The first-order valence-electron chi connectivity index (χ1n) is 3.57. The van der Waals surface area contributed by atoms with Gasteiger partial charge in [0.1, 0.15) is 0 Å². The van der Waals surface area contributed by atoms with Crippen molar-refractivity contribution in [2.24, 2.45) is 11.8 Å². The Morgan fingerprint density at radius 3 is 2.33 bits per heavy atom. The molecule has 0 heteroatoms. The van der Waals surface area contributed by atoms with Gasteiger partial charge in [0, 0.05) is 0 Å². The predicted molar refractivity (Wildman–Crippen MR) is 41.2 cm³/mol. The van der Waals surface area contributed by atoms with Crippen molar-refractivity contribution in [3.63, 3.8) is 0 Å². The molecule has 1 unspecified atom stereocenters. The molecule has 0 fully saturated rings. The summed E-state index contributed by atoms with van der Waals surface area (Å²) in [5.41, 5.74) is 1.40. The molecule has 0 aliphatic heterocycles. The molecule has 9 heavy (non-hydrogen) atoms. The fourth-order valence-electron chi connectivity index (χ4n) is 1.10. The first-order valence-corrected chi connectivity index (χ1v) is 3.57. The smallest absolute Gasteiger partial charge is 0.0196 e. The lowest BCUT2D eigenvalue weighted by atomic mass is 9.89. The van der Waals surface area contributed by atoms with E-state index in [1.54, 1.807) is 0 Å². The highest BCUT2D eigenvalue weighted by atomic mass is 14.1. The van der Waals surface area contributed by atoms with Gasteiger partial charge < -0.3 is 0 Å². The fraction of sp³-hybridized carbons (Fsp3) is 0.556. The molecule has 0 heterocycles. The Labute approximate surface area is 57.3 Å². The molecular weight excluding hydrogens is 108 g/mol. The molecule has 0 saturated heterocycles. The van der Waals surface area contributed by atoms with Gasteiger partial charge in [-0.15, -0.1) is 0 Å². The predicted octanol–water partition coefficient (Wildman–Crippen LogP) is 2.77. The van der Waals surface area contributed by atoms with Gasteiger partial charge in [-0.1, -0.05) is 37.6 Å². The minimum atomic E-state index is 0.730. The zero-order valence-electron chi connectivity index (χ0n) is 6.39. The van der Waals surface area contributed by atoms with Crippen molar-refractivity contribution in [3.8, 4) is 0 Å². The van der Waals surface area contributed by atoms with Crippen molar-refractivity contribution in [1.29, 1.82) is 0 Å². The maximum absolute atomic E-state index is 2.32. The lowest BCUT2D eigenvalue weighted by Crippen LogP contribution is -2.05. The molecule has 2 atom stereocenters. The normalized spacial score (nSPS) is 34.3. The molecular formula is C9H14. The summed E-state index contributed by atoms with van der Waals surface area (Å²) < 4.78 is 0. The van der Waals surface area contributed by atoms with Crippen LogP contribution in [0.4, 0.5) is 0 Å². The minimum Gasteiger partial charge on any atom is -0.0809 e. The molecule has 0 aromatic rings. The highest BCUT2D eigenvalue weighted by Crippen LogP contribution is 2.20. The summed E-state index contributed by atoms with van der Waals surface area (Å²) in [6.07, 6.45) is 6.80. The van der Waals surface area contributed by atoms with Crippen LogP contribution in [0.25, 0.3) is 0 Å². The second kappa shape index (κ2) is 2.38. The third-order valence-electron chi connectivity index (χ3n) is 2.02. The average Bonchev–Trinajstić information content (AvgIpc) is 1.80. The average molecular weight is 122 g/mol. The number of hydrogen-bond acceptors (Lipinski definition) is 0.